The van der Waals surface area contributed by atoms with Gasteiger partial charge in [0.15, 0.2) is 0 Å². The Bertz CT molecular complexity index is 458. The molecule has 2 atom stereocenters. The van der Waals surface area contributed by atoms with E-state index in [1.807, 2.05) is 13.8 Å². The monoisotopic (exact) mass is 252 g/mol. The maximum atomic E-state index is 11.5. The zero-order valence-corrected chi connectivity index (χ0v) is 10.8. The van der Waals surface area contributed by atoms with Crippen molar-refractivity contribution in [1.82, 2.24) is 9.97 Å². The number of aromatic amines is 1. The number of anilines is 1. The van der Waals surface area contributed by atoms with E-state index in [0.717, 1.165) is 6.54 Å². The van der Waals surface area contributed by atoms with Crippen molar-refractivity contribution in [2.75, 3.05) is 24.6 Å². The summed E-state index contributed by atoms with van der Waals surface area (Å²) in [7, 11) is 0. The van der Waals surface area contributed by atoms with E-state index in [1.165, 1.54) is 6.07 Å². The molecule has 2 heterocycles. The summed E-state index contributed by atoms with van der Waals surface area (Å²) in [6, 6.07) is 1.50. The van der Waals surface area contributed by atoms with E-state index in [1.54, 1.807) is 0 Å². The summed E-state index contributed by atoms with van der Waals surface area (Å²) in [5, 5.41) is 0. The van der Waals surface area contributed by atoms with Crippen molar-refractivity contribution >= 4 is 5.82 Å². The molecule has 0 bridgehead atoms. The van der Waals surface area contributed by atoms with Crippen LogP contribution in [0.15, 0.2) is 10.9 Å². The van der Waals surface area contributed by atoms with Crippen LogP contribution in [0.5, 0.6) is 0 Å². The lowest BCUT2D eigenvalue weighted by Gasteiger charge is -2.35. The summed E-state index contributed by atoms with van der Waals surface area (Å²) in [5.74, 6) is 1.42. The fourth-order valence-electron chi connectivity index (χ4n) is 2.03. The van der Waals surface area contributed by atoms with Crippen LogP contribution in [0.3, 0.4) is 0 Å². The molecular formula is C12H20N4O2. The number of nitrogens with zero attached hydrogens (tertiary/aromatic N) is 2. The van der Waals surface area contributed by atoms with Gasteiger partial charge in [0, 0.05) is 31.6 Å². The van der Waals surface area contributed by atoms with Gasteiger partial charge < -0.3 is 20.4 Å². The maximum absolute atomic E-state index is 11.5. The Kier molecular flexibility index (Phi) is 3.98. The summed E-state index contributed by atoms with van der Waals surface area (Å²) in [5.41, 5.74) is 5.74. The van der Waals surface area contributed by atoms with Crippen molar-refractivity contribution in [3.63, 3.8) is 0 Å². The number of nitrogens with two attached hydrogens (primary N) is 1. The highest BCUT2D eigenvalue weighted by molar-refractivity contribution is 5.38. The summed E-state index contributed by atoms with van der Waals surface area (Å²) in [6.07, 6.45) is 0.703. The fourth-order valence-corrected chi connectivity index (χ4v) is 2.03. The molecule has 18 heavy (non-hydrogen) atoms. The molecule has 6 heteroatoms. The second-order valence-electron chi connectivity index (χ2n) is 4.62. The van der Waals surface area contributed by atoms with Crippen LogP contribution in [0.4, 0.5) is 5.82 Å². The number of nitrogens with one attached hydrogen (secondary N) is 1. The number of ether oxygens (including phenoxy) is 1. The first-order chi connectivity index (χ1) is 8.60. The van der Waals surface area contributed by atoms with Crippen LogP contribution < -0.4 is 16.2 Å². The first-order valence-electron chi connectivity index (χ1n) is 6.32. The first kappa shape index (κ1) is 13.0. The molecule has 1 saturated heterocycles. The average molecular weight is 252 g/mol. The highest BCUT2D eigenvalue weighted by Crippen LogP contribution is 2.15. The van der Waals surface area contributed by atoms with Crippen molar-refractivity contribution < 1.29 is 4.74 Å². The van der Waals surface area contributed by atoms with Crippen molar-refractivity contribution in [3.05, 3.63) is 22.2 Å². The zero-order chi connectivity index (χ0) is 13.1. The minimum absolute atomic E-state index is 0.00934. The second kappa shape index (κ2) is 5.49. The molecule has 1 aliphatic heterocycles. The fraction of sp³-hybridized carbons (Fsp3) is 0.667. The van der Waals surface area contributed by atoms with E-state index in [0.29, 0.717) is 31.2 Å². The molecule has 100 valence electrons. The Morgan fingerprint density at radius 2 is 2.50 bits per heavy atom. The number of morpholine rings is 1. The van der Waals surface area contributed by atoms with Crippen LogP contribution in [0.25, 0.3) is 0 Å². The number of H-pyrrole nitrogens is 1. The summed E-state index contributed by atoms with van der Waals surface area (Å²) in [6.45, 7) is 5.92. The summed E-state index contributed by atoms with van der Waals surface area (Å²) < 4.78 is 5.60. The lowest BCUT2D eigenvalue weighted by Crippen LogP contribution is -2.50. The van der Waals surface area contributed by atoms with Crippen molar-refractivity contribution in [2.45, 2.75) is 32.4 Å². The van der Waals surface area contributed by atoms with E-state index >= 15 is 0 Å². The second-order valence-corrected chi connectivity index (χ2v) is 4.62. The van der Waals surface area contributed by atoms with Crippen molar-refractivity contribution in [2.24, 2.45) is 5.73 Å². The maximum Gasteiger partial charge on any atom is 0.252 e. The molecule has 0 aromatic carbocycles. The Morgan fingerprint density at radius 1 is 1.72 bits per heavy atom. The lowest BCUT2D eigenvalue weighted by atomic mass is 10.1. The zero-order valence-electron chi connectivity index (χ0n) is 10.8. The molecule has 1 aromatic rings. The molecule has 3 N–H and O–H groups in total. The highest BCUT2D eigenvalue weighted by atomic mass is 16.5. The molecule has 1 aliphatic rings. The number of hydrogen-bond donors (Lipinski definition) is 2. The molecule has 0 aliphatic carbocycles. The normalized spacial score (nSPS) is 21.9. The van der Waals surface area contributed by atoms with Gasteiger partial charge in [-0.15, -0.1) is 0 Å². The van der Waals surface area contributed by atoms with Crippen molar-refractivity contribution in [1.29, 1.82) is 0 Å². The molecule has 0 radical (unpaired) electrons. The van der Waals surface area contributed by atoms with Crippen molar-refractivity contribution in [3.8, 4) is 0 Å². The van der Waals surface area contributed by atoms with Gasteiger partial charge in [-0.3, -0.25) is 4.79 Å². The molecule has 0 saturated carbocycles. The Balaban J connectivity index is 2.20. The third kappa shape index (κ3) is 2.88. The SMILES string of the molecule is CCc1nc(N2CCOC(C(C)N)C2)cc(=O)[nH]1. The molecule has 2 rings (SSSR count). The standard InChI is InChI=1S/C12H20N4O2/c1-3-10-14-11(6-12(17)15-10)16-4-5-18-9(7-16)8(2)13/h6,8-9H,3-5,7,13H2,1-2H3,(H,14,15,17). The molecular weight excluding hydrogens is 232 g/mol. The third-order valence-electron chi connectivity index (χ3n) is 3.12. The van der Waals surface area contributed by atoms with E-state index in [4.69, 9.17) is 10.5 Å². The molecule has 0 spiro atoms. The van der Waals surface area contributed by atoms with Gasteiger partial charge >= 0.3 is 0 Å². The lowest BCUT2D eigenvalue weighted by molar-refractivity contribution is 0.0273. The number of hydrogen-bond acceptors (Lipinski definition) is 5. The Labute approximate surface area is 106 Å². The van der Waals surface area contributed by atoms with E-state index in [-0.39, 0.29) is 17.7 Å². The quantitative estimate of drug-likeness (QED) is 0.784. The Morgan fingerprint density at radius 3 is 3.17 bits per heavy atom. The van der Waals surface area contributed by atoms with Gasteiger partial charge in [0.25, 0.3) is 5.56 Å². The molecule has 0 amide bonds. The van der Waals surface area contributed by atoms with Crippen LogP contribution >= 0.6 is 0 Å². The van der Waals surface area contributed by atoms with Gasteiger partial charge in [0.1, 0.15) is 11.6 Å². The number of aromatic nitrogens is 2. The van der Waals surface area contributed by atoms with Gasteiger partial charge in [-0.2, -0.15) is 0 Å². The van der Waals surface area contributed by atoms with E-state index in [9.17, 15) is 4.79 Å². The third-order valence-corrected chi connectivity index (χ3v) is 3.12. The highest BCUT2D eigenvalue weighted by Gasteiger charge is 2.24. The smallest absolute Gasteiger partial charge is 0.252 e. The predicted molar refractivity (Wildman–Crippen MR) is 69.8 cm³/mol. The average Bonchev–Trinajstić information content (AvgIpc) is 2.38. The van der Waals surface area contributed by atoms with Gasteiger partial charge in [-0.05, 0) is 6.92 Å². The minimum Gasteiger partial charge on any atom is -0.373 e. The van der Waals surface area contributed by atoms with Gasteiger partial charge in [0.05, 0.1) is 12.7 Å². The van der Waals surface area contributed by atoms with Gasteiger partial charge in [-0.25, -0.2) is 4.98 Å². The van der Waals surface area contributed by atoms with Crippen LogP contribution in [0, 0.1) is 0 Å². The van der Waals surface area contributed by atoms with Crippen LogP contribution in [0.2, 0.25) is 0 Å². The molecule has 1 aromatic heterocycles. The molecule has 2 unspecified atom stereocenters. The largest absolute Gasteiger partial charge is 0.373 e. The predicted octanol–water partition coefficient (Wildman–Crippen LogP) is -0.115. The minimum atomic E-state index is -0.110. The molecule has 6 nitrogen and oxygen atoms in total. The number of aryl methyl sites for hydroxylation is 1. The number of rotatable bonds is 3. The summed E-state index contributed by atoms with van der Waals surface area (Å²) in [4.78, 5) is 20.8. The first-order valence-corrected chi connectivity index (χ1v) is 6.32. The Hall–Kier alpha value is -1.40. The summed E-state index contributed by atoms with van der Waals surface area (Å²) >= 11 is 0. The topological polar surface area (TPSA) is 84.2 Å². The van der Waals surface area contributed by atoms with Gasteiger partial charge in [0.2, 0.25) is 0 Å². The van der Waals surface area contributed by atoms with E-state index in [2.05, 4.69) is 14.9 Å². The molecule has 1 fully saturated rings. The van der Waals surface area contributed by atoms with Crippen LogP contribution in [-0.2, 0) is 11.2 Å². The van der Waals surface area contributed by atoms with Gasteiger partial charge in [-0.1, -0.05) is 6.92 Å². The van der Waals surface area contributed by atoms with Crippen LogP contribution in [-0.4, -0.2) is 41.8 Å². The van der Waals surface area contributed by atoms with Crippen LogP contribution in [0.1, 0.15) is 19.7 Å². The van der Waals surface area contributed by atoms with E-state index < -0.39 is 0 Å².